The molecule has 1 aliphatic rings. The molecule has 0 aromatic heterocycles. The second kappa shape index (κ2) is 4.40. The first-order valence-corrected chi connectivity index (χ1v) is 4.94. The van der Waals surface area contributed by atoms with Crippen molar-refractivity contribution in [2.24, 2.45) is 11.8 Å². The number of ketones is 1. The predicted octanol–water partition coefficient (Wildman–Crippen LogP) is 3.12. The zero-order valence-corrected chi connectivity index (χ0v) is 8.71. The van der Waals surface area contributed by atoms with Crippen LogP contribution in [0.1, 0.15) is 33.6 Å². The number of allylic oxidation sites excluding steroid dienone is 4. The van der Waals surface area contributed by atoms with E-state index in [0.29, 0.717) is 11.8 Å². The molecule has 0 fully saturated rings. The molecule has 0 saturated heterocycles. The van der Waals surface area contributed by atoms with Gasteiger partial charge >= 0.3 is 0 Å². The lowest BCUT2D eigenvalue weighted by Crippen LogP contribution is -2.13. The van der Waals surface area contributed by atoms with E-state index >= 15 is 0 Å². The summed E-state index contributed by atoms with van der Waals surface area (Å²) in [5, 5.41) is 0. The lowest BCUT2D eigenvalue weighted by atomic mass is 9.81. The van der Waals surface area contributed by atoms with Gasteiger partial charge in [-0.05, 0) is 44.6 Å². The molecule has 1 nitrogen and oxygen atoms in total. The topological polar surface area (TPSA) is 17.1 Å². The van der Waals surface area contributed by atoms with E-state index in [1.807, 2.05) is 0 Å². The summed E-state index contributed by atoms with van der Waals surface area (Å²) >= 11 is 0. The third kappa shape index (κ3) is 3.17. The van der Waals surface area contributed by atoms with Crippen LogP contribution < -0.4 is 0 Å². The van der Waals surface area contributed by atoms with Crippen molar-refractivity contribution in [1.82, 2.24) is 0 Å². The summed E-state index contributed by atoms with van der Waals surface area (Å²) in [6.45, 7) is 6.04. The van der Waals surface area contributed by atoms with Crippen LogP contribution in [0.5, 0.6) is 0 Å². The van der Waals surface area contributed by atoms with Gasteiger partial charge in [-0.25, -0.2) is 0 Å². The van der Waals surface area contributed by atoms with Crippen molar-refractivity contribution in [2.75, 3.05) is 0 Å². The number of carbonyl (C=O) groups is 1. The molecule has 0 aliphatic heterocycles. The monoisotopic (exact) mass is 178 g/mol. The summed E-state index contributed by atoms with van der Waals surface area (Å²) in [5.41, 5.74) is 1.49. The highest BCUT2D eigenvalue weighted by Crippen LogP contribution is 2.29. The molecular weight excluding hydrogens is 160 g/mol. The van der Waals surface area contributed by atoms with Gasteiger partial charge in [0.05, 0.1) is 0 Å². The van der Waals surface area contributed by atoms with Gasteiger partial charge in [0.2, 0.25) is 0 Å². The second-order valence-electron chi connectivity index (χ2n) is 4.10. The third-order valence-corrected chi connectivity index (χ3v) is 2.69. The van der Waals surface area contributed by atoms with E-state index in [1.165, 1.54) is 12.0 Å². The SMILES string of the molecule is CC(=O)/C=C/C1CC=C(C)CC1C. The lowest BCUT2D eigenvalue weighted by molar-refractivity contribution is -0.112. The van der Waals surface area contributed by atoms with Gasteiger partial charge in [-0.1, -0.05) is 24.6 Å². The summed E-state index contributed by atoms with van der Waals surface area (Å²) in [4.78, 5) is 10.8. The Morgan fingerprint density at radius 3 is 2.85 bits per heavy atom. The summed E-state index contributed by atoms with van der Waals surface area (Å²) in [6, 6.07) is 0. The van der Waals surface area contributed by atoms with Crippen molar-refractivity contribution in [3.63, 3.8) is 0 Å². The lowest BCUT2D eigenvalue weighted by Gasteiger charge is -2.24. The smallest absolute Gasteiger partial charge is 0.152 e. The fourth-order valence-electron chi connectivity index (χ4n) is 1.84. The number of hydrogen-bond donors (Lipinski definition) is 0. The first-order valence-electron chi connectivity index (χ1n) is 4.94. The van der Waals surface area contributed by atoms with E-state index in [0.717, 1.165) is 6.42 Å². The summed E-state index contributed by atoms with van der Waals surface area (Å²) in [7, 11) is 0. The molecule has 2 atom stereocenters. The summed E-state index contributed by atoms with van der Waals surface area (Å²) < 4.78 is 0. The minimum Gasteiger partial charge on any atom is -0.295 e. The van der Waals surface area contributed by atoms with Crippen LogP contribution in [-0.4, -0.2) is 5.78 Å². The minimum atomic E-state index is 0.151. The summed E-state index contributed by atoms with van der Waals surface area (Å²) in [6.07, 6.45) is 8.32. The van der Waals surface area contributed by atoms with E-state index < -0.39 is 0 Å². The molecule has 0 aromatic carbocycles. The van der Waals surface area contributed by atoms with Gasteiger partial charge < -0.3 is 0 Å². The molecule has 0 spiro atoms. The van der Waals surface area contributed by atoms with Gasteiger partial charge in [0.25, 0.3) is 0 Å². The van der Waals surface area contributed by atoms with E-state index in [-0.39, 0.29) is 5.78 Å². The summed E-state index contributed by atoms with van der Waals surface area (Å²) in [5.74, 6) is 1.40. The van der Waals surface area contributed by atoms with Gasteiger partial charge in [-0.2, -0.15) is 0 Å². The number of rotatable bonds is 2. The largest absolute Gasteiger partial charge is 0.295 e. The van der Waals surface area contributed by atoms with Crippen LogP contribution in [0, 0.1) is 11.8 Å². The van der Waals surface area contributed by atoms with Crippen LogP contribution in [-0.2, 0) is 4.79 Å². The van der Waals surface area contributed by atoms with Crippen molar-refractivity contribution in [3.8, 4) is 0 Å². The van der Waals surface area contributed by atoms with Crippen molar-refractivity contribution in [3.05, 3.63) is 23.8 Å². The average Bonchev–Trinajstić information content (AvgIpc) is 2.02. The number of hydrogen-bond acceptors (Lipinski definition) is 1. The first kappa shape index (κ1) is 10.2. The van der Waals surface area contributed by atoms with Crippen LogP contribution in [0.15, 0.2) is 23.8 Å². The normalized spacial score (nSPS) is 29.0. The first-order chi connectivity index (χ1) is 6.09. The Morgan fingerprint density at radius 1 is 1.62 bits per heavy atom. The molecule has 1 aliphatic carbocycles. The van der Waals surface area contributed by atoms with E-state index in [1.54, 1.807) is 13.0 Å². The molecular formula is C12H18O. The molecule has 1 rings (SSSR count). The van der Waals surface area contributed by atoms with Crippen molar-refractivity contribution < 1.29 is 4.79 Å². The van der Waals surface area contributed by atoms with Crippen LogP contribution >= 0.6 is 0 Å². The highest BCUT2D eigenvalue weighted by atomic mass is 16.1. The van der Waals surface area contributed by atoms with E-state index in [2.05, 4.69) is 26.0 Å². The highest BCUT2D eigenvalue weighted by molar-refractivity contribution is 5.87. The van der Waals surface area contributed by atoms with Gasteiger partial charge in [0, 0.05) is 0 Å². The maximum Gasteiger partial charge on any atom is 0.152 e. The van der Waals surface area contributed by atoms with Crippen molar-refractivity contribution in [1.29, 1.82) is 0 Å². The fourth-order valence-corrected chi connectivity index (χ4v) is 1.84. The molecule has 0 radical (unpaired) electrons. The Labute approximate surface area is 80.5 Å². The molecule has 13 heavy (non-hydrogen) atoms. The van der Waals surface area contributed by atoms with Crippen LogP contribution in [0.3, 0.4) is 0 Å². The Bertz CT molecular complexity index is 248. The molecule has 2 unspecified atom stereocenters. The van der Waals surface area contributed by atoms with Crippen molar-refractivity contribution >= 4 is 5.78 Å². The fraction of sp³-hybridized carbons (Fsp3) is 0.583. The third-order valence-electron chi connectivity index (χ3n) is 2.69. The molecule has 0 saturated carbocycles. The molecule has 1 heteroatoms. The van der Waals surface area contributed by atoms with Crippen molar-refractivity contribution in [2.45, 2.75) is 33.6 Å². The van der Waals surface area contributed by atoms with Crippen LogP contribution in [0.2, 0.25) is 0 Å². The Balaban J connectivity index is 2.57. The Morgan fingerprint density at radius 2 is 2.31 bits per heavy atom. The molecule has 0 heterocycles. The molecule has 0 N–H and O–H groups in total. The molecule has 0 aromatic rings. The molecule has 0 bridgehead atoms. The van der Waals surface area contributed by atoms with Crippen LogP contribution in [0.4, 0.5) is 0 Å². The van der Waals surface area contributed by atoms with Gasteiger partial charge in [-0.3, -0.25) is 4.79 Å². The zero-order chi connectivity index (χ0) is 9.84. The van der Waals surface area contributed by atoms with Gasteiger partial charge in [-0.15, -0.1) is 0 Å². The maximum absolute atomic E-state index is 10.8. The van der Waals surface area contributed by atoms with Gasteiger partial charge in [0.15, 0.2) is 5.78 Å². The van der Waals surface area contributed by atoms with E-state index in [4.69, 9.17) is 0 Å². The molecule has 72 valence electrons. The molecule has 0 amide bonds. The number of carbonyl (C=O) groups excluding carboxylic acids is 1. The predicted molar refractivity (Wildman–Crippen MR) is 55.5 cm³/mol. The minimum absolute atomic E-state index is 0.151. The van der Waals surface area contributed by atoms with Crippen LogP contribution in [0.25, 0.3) is 0 Å². The van der Waals surface area contributed by atoms with Gasteiger partial charge in [0.1, 0.15) is 0 Å². The Kier molecular flexibility index (Phi) is 3.47. The quantitative estimate of drug-likeness (QED) is 0.469. The zero-order valence-electron chi connectivity index (χ0n) is 8.71. The second-order valence-corrected chi connectivity index (χ2v) is 4.10. The average molecular weight is 178 g/mol. The van der Waals surface area contributed by atoms with E-state index in [9.17, 15) is 4.79 Å². The standard InChI is InChI=1S/C12H18O/c1-9-4-6-12(10(2)8-9)7-5-11(3)13/h4-5,7,10,12H,6,8H2,1-3H3/b7-5+. The maximum atomic E-state index is 10.8. The Hall–Kier alpha value is -0.850. The highest BCUT2D eigenvalue weighted by Gasteiger charge is 2.17.